The molecule has 7 heteroatoms. The van der Waals surface area contributed by atoms with Crippen LogP contribution < -0.4 is 4.74 Å². The number of methoxy groups -OCH3 is 1. The van der Waals surface area contributed by atoms with Crippen molar-refractivity contribution in [1.29, 1.82) is 0 Å². The number of likely N-dealkylation sites (N-methyl/N-ethyl adjacent to an activating group) is 1. The van der Waals surface area contributed by atoms with Gasteiger partial charge in [-0.05, 0) is 40.5 Å². The number of hydrogen-bond donors (Lipinski definition) is 3. The molecule has 34 heavy (non-hydrogen) atoms. The number of nitrogens with zero attached hydrogens (tertiary/aromatic N) is 1. The van der Waals surface area contributed by atoms with E-state index < -0.39 is 5.97 Å². The van der Waals surface area contributed by atoms with Crippen molar-refractivity contribution in [2.24, 2.45) is 0 Å². The average molecular weight is 471 g/mol. The van der Waals surface area contributed by atoms with Gasteiger partial charge in [-0.2, -0.15) is 0 Å². The Kier molecular flexibility index (Phi) is 8.85. The molecule has 0 aliphatic carbocycles. The van der Waals surface area contributed by atoms with Gasteiger partial charge in [-0.3, -0.25) is 0 Å². The van der Waals surface area contributed by atoms with E-state index in [0.717, 1.165) is 52.7 Å². The fraction of sp³-hybridized carbons (Fsp3) is 0.444. The van der Waals surface area contributed by atoms with E-state index in [2.05, 4.69) is 13.6 Å². The van der Waals surface area contributed by atoms with Crippen LogP contribution in [0.2, 0.25) is 0 Å². The Morgan fingerprint density at radius 2 is 1.82 bits per heavy atom. The summed E-state index contributed by atoms with van der Waals surface area (Å²) in [6.07, 6.45) is 3.48. The summed E-state index contributed by atoms with van der Waals surface area (Å²) in [5.41, 5.74) is 5.69. The van der Waals surface area contributed by atoms with Gasteiger partial charge in [0.25, 0.3) is 0 Å². The molecule has 0 bridgehead atoms. The number of carbonyl (C=O) groups excluding carboxylic acids is 1. The van der Waals surface area contributed by atoms with E-state index in [-0.39, 0.29) is 25.9 Å². The maximum absolute atomic E-state index is 11.4. The summed E-state index contributed by atoms with van der Waals surface area (Å²) in [5, 5.41) is 29.5. The largest absolute Gasteiger partial charge is 0.496 e. The van der Waals surface area contributed by atoms with Crippen molar-refractivity contribution in [2.75, 3.05) is 33.9 Å². The molecule has 7 nitrogen and oxygen atoms in total. The Morgan fingerprint density at radius 3 is 2.47 bits per heavy atom. The Morgan fingerprint density at radius 1 is 1.12 bits per heavy atom. The molecular formula is C27H36NO6+. The number of aliphatic hydroxyl groups is 3. The summed E-state index contributed by atoms with van der Waals surface area (Å²) < 4.78 is 11.3. The number of hydrogen-bond acceptors (Lipinski definition) is 6. The number of fused-ring (bicyclic) bond motifs is 1. The van der Waals surface area contributed by atoms with E-state index in [9.17, 15) is 20.1 Å². The fourth-order valence-corrected chi connectivity index (χ4v) is 5.01. The highest BCUT2D eigenvalue weighted by atomic mass is 16.5. The molecule has 1 aliphatic heterocycles. The minimum Gasteiger partial charge on any atom is -0.496 e. The summed E-state index contributed by atoms with van der Waals surface area (Å²) in [4.78, 5) is 11.4. The molecule has 0 unspecified atom stereocenters. The third-order valence-corrected chi connectivity index (χ3v) is 6.97. The van der Waals surface area contributed by atoms with E-state index in [1.165, 1.54) is 17.2 Å². The van der Waals surface area contributed by atoms with Gasteiger partial charge >= 0.3 is 5.97 Å². The van der Waals surface area contributed by atoms with Crippen molar-refractivity contribution in [3.8, 4) is 5.75 Å². The number of aliphatic hydroxyl groups excluding tert-OH is 3. The number of rotatable bonds is 11. The van der Waals surface area contributed by atoms with E-state index in [1.807, 2.05) is 30.3 Å². The molecule has 0 spiro atoms. The summed E-state index contributed by atoms with van der Waals surface area (Å²) in [6.45, 7) is 5.15. The molecule has 3 rings (SSSR count). The van der Waals surface area contributed by atoms with Crippen LogP contribution in [0.3, 0.4) is 0 Å². The molecule has 0 radical (unpaired) electrons. The molecule has 0 saturated carbocycles. The van der Waals surface area contributed by atoms with Crippen molar-refractivity contribution >= 4 is 5.97 Å². The first-order chi connectivity index (χ1) is 16.4. The quantitative estimate of drug-likeness (QED) is 0.202. The lowest BCUT2D eigenvalue weighted by molar-refractivity contribution is -0.941. The normalized spacial score (nSPS) is 19.4. The van der Waals surface area contributed by atoms with Crippen LogP contribution in [-0.2, 0) is 42.2 Å². The Labute approximate surface area is 201 Å². The van der Waals surface area contributed by atoms with E-state index >= 15 is 0 Å². The SMILES string of the molecule is C=CC(=O)OCCC[N@+]1(C)CCc2cc(CO)c(CO)cc2[C@H]1Cc1ccc(OC)c(CO)c1. The minimum absolute atomic E-state index is 0.0943. The molecule has 184 valence electrons. The topological polar surface area (TPSA) is 96.2 Å². The molecule has 0 saturated heterocycles. The molecular weight excluding hydrogens is 434 g/mol. The third kappa shape index (κ3) is 5.67. The molecule has 2 atom stereocenters. The van der Waals surface area contributed by atoms with Gasteiger partial charge in [0.2, 0.25) is 0 Å². The van der Waals surface area contributed by atoms with Crippen molar-refractivity contribution in [3.63, 3.8) is 0 Å². The predicted molar refractivity (Wildman–Crippen MR) is 129 cm³/mol. The predicted octanol–water partition coefficient (Wildman–Crippen LogP) is 2.58. The van der Waals surface area contributed by atoms with E-state index in [1.54, 1.807) is 7.11 Å². The number of esters is 1. The lowest BCUT2D eigenvalue weighted by Crippen LogP contribution is -2.52. The smallest absolute Gasteiger partial charge is 0.330 e. The molecule has 2 aromatic rings. The third-order valence-electron chi connectivity index (χ3n) is 6.97. The molecule has 1 aliphatic rings. The van der Waals surface area contributed by atoms with Gasteiger partial charge in [0.05, 0.1) is 53.7 Å². The monoisotopic (exact) mass is 470 g/mol. The summed E-state index contributed by atoms with van der Waals surface area (Å²) >= 11 is 0. The molecule has 3 N–H and O–H groups in total. The van der Waals surface area contributed by atoms with Crippen LogP contribution in [0.25, 0.3) is 0 Å². The van der Waals surface area contributed by atoms with Gasteiger partial charge in [-0.1, -0.05) is 18.7 Å². The lowest BCUT2D eigenvalue weighted by Gasteiger charge is -2.46. The second-order valence-electron chi connectivity index (χ2n) is 9.06. The van der Waals surface area contributed by atoms with Crippen molar-refractivity contribution in [2.45, 2.75) is 45.1 Å². The first kappa shape index (κ1) is 25.9. The molecule has 2 aromatic carbocycles. The van der Waals surface area contributed by atoms with Gasteiger partial charge in [0, 0.05) is 36.5 Å². The first-order valence-electron chi connectivity index (χ1n) is 11.7. The zero-order chi connectivity index (χ0) is 24.7. The average Bonchev–Trinajstić information content (AvgIpc) is 2.87. The molecule has 0 fully saturated rings. The zero-order valence-electron chi connectivity index (χ0n) is 20.1. The van der Waals surface area contributed by atoms with Crippen LogP contribution >= 0.6 is 0 Å². The van der Waals surface area contributed by atoms with Crippen LogP contribution in [0.5, 0.6) is 5.75 Å². The highest BCUT2D eigenvalue weighted by Gasteiger charge is 2.39. The summed E-state index contributed by atoms with van der Waals surface area (Å²) in [5.74, 6) is 0.244. The van der Waals surface area contributed by atoms with Crippen molar-refractivity contribution in [3.05, 3.63) is 76.4 Å². The van der Waals surface area contributed by atoms with Gasteiger partial charge < -0.3 is 29.3 Å². The van der Waals surface area contributed by atoms with E-state index in [0.29, 0.717) is 18.8 Å². The molecule has 1 heterocycles. The standard InChI is InChI=1S/C27H36NO6/c1-4-27(32)34-11-5-9-28(2)10-8-20-14-21(16-29)22(17-30)15-24(20)25(28)13-19-6-7-26(33-3)23(12-19)18-31/h4,6-7,12,14-15,25,29-31H,1,5,8-11,13,16-18H2,2-3H3/q+1/t25-,28-/m1/s1. The first-order valence-corrected chi connectivity index (χ1v) is 11.7. The number of quaternary nitrogens is 1. The van der Waals surface area contributed by atoms with Crippen LogP contribution in [0.15, 0.2) is 43.0 Å². The van der Waals surface area contributed by atoms with Crippen LogP contribution in [0.4, 0.5) is 0 Å². The van der Waals surface area contributed by atoms with E-state index in [4.69, 9.17) is 9.47 Å². The maximum atomic E-state index is 11.4. The van der Waals surface area contributed by atoms with Gasteiger partial charge in [-0.25, -0.2) is 4.79 Å². The minimum atomic E-state index is -0.415. The molecule has 0 aromatic heterocycles. The maximum Gasteiger partial charge on any atom is 0.330 e. The Bertz CT molecular complexity index is 1020. The van der Waals surface area contributed by atoms with Crippen LogP contribution in [0, 0.1) is 0 Å². The highest BCUT2D eigenvalue weighted by Crippen LogP contribution is 2.39. The second kappa shape index (κ2) is 11.6. The number of ether oxygens (including phenoxy) is 2. The highest BCUT2D eigenvalue weighted by molar-refractivity contribution is 5.81. The van der Waals surface area contributed by atoms with Crippen molar-refractivity contribution in [1.82, 2.24) is 0 Å². The van der Waals surface area contributed by atoms with Crippen molar-refractivity contribution < 1.29 is 34.1 Å². The van der Waals surface area contributed by atoms with Gasteiger partial charge in [0.1, 0.15) is 11.8 Å². The zero-order valence-corrected chi connectivity index (χ0v) is 20.1. The number of benzene rings is 2. The second-order valence-corrected chi connectivity index (χ2v) is 9.06. The summed E-state index contributed by atoms with van der Waals surface area (Å²) in [6, 6.07) is 10.1. The van der Waals surface area contributed by atoms with Crippen LogP contribution in [0.1, 0.15) is 45.8 Å². The number of carbonyl (C=O) groups is 1. The Balaban J connectivity index is 1.96. The Hall–Kier alpha value is -2.71. The molecule has 0 amide bonds. The van der Waals surface area contributed by atoms with Gasteiger partial charge in [0.15, 0.2) is 0 Å². The fourth-order valence-electron chi connectivity index (χ4n) is 5.01. The van der Waals surface area contributed by atoms with Crippen LogP contribution in [-0.4, -0.2) is 59.6 Å². The lowest BCUT2D eigenvalue weighted by atomic mass is 9.84. The summed E-state index contributed by atoms with van der Waals surface area (Å²) in [7, 11) is 3.81. The van der Waals surface area contributed by atoms with Gasteiger partial charge in [-0.15, -0.1) is 0 Å².